The number of pyridine rings is 1. The predicted octanol–water partition coefficient (Wildman–Crippen LogP) is 0.871. The molecule has 2 atom stereocenters. The van der Waals surface area contributed by atoms with Crippen LogP contribution in [0.4, 0.5) is 5.82 Å². The number of anilines is 1. The number of hydrogen-bond acceptors (Lipinski definition) is 5. The summed E-state index contributed by atoms with van der Waals surface area (Å²) in [6.45, 7) is 6.16. The van der Waals surface area contributed by atoms with Crippen LogP contribution in [0.2, 0.25) is 0 Å². The Bertz CT molecular complexity index is 545. The number of nitrogens with zero attached hydrogens (tertiary/aromatic N) is 3. The van der Waals surface area contributed by atoms with E-state index >= 15 is 0 Å². The molecule has 1 aromatic heterocycles. The minimum Gasteiger partial charge on any atom is -0.396 e. The third-order valence-corrected chi connectivity index (χ3v) is 5.49. The van der Waals surface area contributed by atoms with Gasteiger partial charge in [-0.3, -0.25) is 9.69 Å². The average molecular weight is 332 g/mol. The minimum atomic E-state index is -0.159. The van der Waals surface area contributed by atoms with Gasteiger partial charge in [-0.15, -0.1) is 0 Å². The number of carbonyl (C=O) groups is 1. The van der Waals surface area contributed by atoms with Crippen molar-refractivity contribution in [1.82, 2.24) is 15.2 Å². The maximum atomic E-state index is 12.4. The van der Waals surface area contributed by atoms with Crippen LogP contribution in [0.15, 0.2) is 24.4 Å². The lowest BCUT2D eigenvalue weighted by Crippen LogP contribution is -2.52. The molecule has 2 unspecified atom stereocenters. The second-order valence-electron chi connectivity index (χ2n) is 7.28. The third-order valence-electron chi connectivity index (χ3n) is 5.49. The van der Waals surface area contributed by atoms with Gasteiger partial charge in [0.25, 0.3) is 0 Å². The lowest BCUT2D eigenvalue weighted by Gasteiger charge is -2.36. The van der Waals surface area contributed by atoms with E-state index in [9.17, 15) is 9.90 Å². The average Bonchev–Trinajstić information content (AvgIpc) is 2.97. The molecule has 1 amide bonds. The molecule has 0 radical (unpaired) electrons. The normalized spacial score (nSPS) is 28.1. The first-order valence-corrected chi connectivity index (χ1v) is 8.89. The van der Waals surface area contributed by atoms with E-state index in [0.717, 1.165) is 51.3 Å². The van der Waals surface area contributed by atoms with Gasteiger partial charge >= 0.3 is 0 Å². The molecule has 2 aliphatic rings. The molecule has 2 fully saturated rings. The van der Waals surface area contributed by atoms with Gasteiger partial charge < -0.3 is 15.3 Å². The Hall–Kier alpha value is -1.66. The highest BCUT2D eigenvalue weighted by Crippen LogP contribution is 2.37. The number of aliphatic hydroxyl groups excluding tert-OH is 1. The van der Waals surface area contributed by atoms with Crippen molar-refractivity contribution in [3.05, 3.63) is 24.4 Å². The molecule has 1 saturated heterocycles. The Kier molecular flexibility index (Phi) is 5.36. The Morgan fingerprint density at radius 1 is 1.38 bits per heavy atom. The number of amides is 1. The summed E-state index contributed by atoms with van der Waals surface area (Å²) in [6.07, 6.45) is 4.84. The minimum absolute atomic E-state index is 0.0767. The molecule has 1 aliphatic heterocycles. The second kappa shape index (κ2) is 7.49. The molecule has 0 aromatic carbocycles. The Morgan fingerprint density at radius 2 is 2.17 bits per heavy atom. The summed E-state index contributed by atoms with van der Waals surface area (Å²) in [4.78, 5) is 21.2. The summed E-state index contributed by atoms with van der Waals surface area (Å²) < 4.78 is 0. The van der Waals surface area contributed by atoms with Gasteiger partial charge in [0.1, 0.15) is 5.82 Å². The van der Waals surface area contributed by atoms with Crippen molar-refractivity contribution in [2.45, 2.75) is 32.2 Å². The molecule has 132 valence electrons. The lowest BCUT2D eigenvalue weighted by molar-refractivity contribution is -0.123. The van der Waals surface area contributed by atoms with E-state index in [4.69, 9.17) is 0 Å². The molecule has 2 heterocycles. The van der Waals surface area contributed by atoms with Crippen LogP contribution in [0.3, 0.4) is 0 Å². The molecular formula is C18H28N4O2. The van der Waals surface area contributed by atoms with Crippen molar-refractivity contribution in [2.75, 3.05) is 44.2 Å². The molecule has 6 nitrogen and oxygen atoms in total. The molecule has 0 spiro atoms. The summed E-state index contributed by atoms with van der Waals surface area (Å²) in [5, 5.41) is 12.7. The van der Waals surface area contributed by atoms with Crippen molar-refractivity contribution in [3.63, 3.8) is 0 Å². The molecule has 1 aromatic rings. The number of nitrogens with one attached hydrogen (secondary N) is 1. The van der Waals surface area contributed by atoms with Gasteiger partial charge in [-0.2, -0.15) is 0 Å². The number of hydrogen-bond donors (Lipinski definition) is 2. The highest BCUT2D eigenvalue weighted by molar-refractivity contribution is 5.78. The van der Waals surface area contributed by atoms with Crippen LogP contribution in [0.5, 0.6) is 0 Å². The van der Waals surface area contributed by atoms with Gasteiger partial charge in [0.05, 0.1) is 13.2 Å². The summed E-state index contributed by atoms with van der Waals surface area (Å²) in [5.74, 6) is 1.08. The third kappa shape index (κ3) is 3.87. The van der Waals surface area contributed by atoms with Crippen LogP contribution in [0, 0.1) is 5.41 Å². The van der Waals surface area contributed by atoms with Gasteiger partial charge in [0.2, 0.25) is 5.91 Å². The quantitative estimate of drug-likeness (QED) is 0.837. The summed E-state index contributed by atoms with van der Waals surface area (Å²) >= 11 is 0. The second-order valence-corrected chi connectivity index (χ2v) is 7.28. The largest absolute Gasteiger partial charge is 0.396 e. The monoisotopic (exact) mass is 332 g/mol. The van der Waals surface area contributed by atoms with Gasteiger partial charge in [0.15, 0.2) is 0 Å². The van der Waals surface area contributed by atoms with Gasteiger partial charge in [-0.25, -0.2) is 4.98 Å². The highest BCUT2D eigenvalue weighted by Gasteiger charge is 2.39. The number of aliphatic hydroxyl groups is 1. The fourth-order valence-corrected chi connectivity index (χ4v) is 3.79. The maximum Gasteiger partial charge on any atom is 0.234 e. The topological polar surface area (TPSA) is 68.7 Å². The van der Waals surface area contributed by atoms with Crippen molar-refractivity contribution in [1.29, 1.82) is 0 Å². The molecule has 3 rings (SSSR count). The first-order chi connectivity index (χ1) is 11.6. The zero-order chi connectivity index (χ0) is 17.0. The van der Waals surface area contributed by atoms with Crippen LogP contribution in [0.25, 0.3) is 0 Å². The molecule has 24 heavy (non-hydrogen) atoms. The van der Waals surface area contributed by atoms with Gasteiger partial charge in [0, 0.05) is 43.8 Å². The van der Waals surface area contributed by atoms with E-state index < -0.39 is 0 Å². The van der Waals surface area contributed by atoms with Crippen LogP contribution in [0.1, 0.15) is 26.2 Å². The summed E-state index contributed by atoms with van der Waals surface area (Å²) in [5.41, 5.74) is -0.159. The van der Waals surface area contributed by atoms with E-state index in [-0.39, 0.29) is 24.0 Å². The van der Waals surface area contributed by atoms with E-state index in [1.165, 1.54) is 0 Å². The SMILES string of the molecule is CC1(CO)CCCC1NC(=O)CN1CCN(c2ccccn2)CC1. The van der Waals surface area contributed by atoms with Crippen LogP contribution in [-0.4, -0.2) is 66.3 Å². The summed E-state index contributed by atoms with van der Waals surface area (Å²) in [6, 6.07) is 6.05. The van der Waals surface area contributed by atoms with E-state index in [1.54, 1.807) is 0 Å². The zero-order valence-electron chi connectivity index (χ0n) is 14.4. The zero-order valence-corrected chi connectivity index (χ0v) is 14.4. The molecule has 2 N–H and O–H groups in total. The number of aromatic nitrogens is 1. The first kappa shape index (κ1) is 17.2. The van der Waals surface area contributed by atoms with E-state index in [2.05, 4.69) is 27.0 Å². The Morgan fingerprint density at radius 3 is 2.83 bits per heavy atom. The van der Waals surface area contributed by atoms with E-state index in [0.29, 0.717) is 6.54 Å². The smallest absolute Gasteiger partial charge is 0.234 e. The number of rotatable bonds is 5. The fourth-order valence-electron chi connectivity index (χ4n) is 3.79. The fraction of sp³-hybridized carbons (Fsp3) is 0.667. The van der Waals surface area contributed by atoms with Crippen molar-refractivity contribution in [3.8, 4) is 0 Å². The molecular weight excluding hydrogens is 304 g/mol. The Balaban J connectivity index is 1.45. The molecule has 1 saturated carbocycles. The summed E-state index contributed by atoms with van der Waals surface area (Å²) in [7, 11) is 0. The molecule has 0 bridgehead atoms. The standard InChI is InChI=1S/C18H28N4O2/c1-18(14-23)7-4-5-15(18)20-17(24)13-21-9-11-22(12-10-21)16-6-2-3-8-19-16/h2-3,6,8,15,23H,4-5,7,9-14H2,1H3,(H,20,24). The van der Waals surface area contributed by atoms with Crippen molar-refractivity contribution < 1.29 is 9.90 Å². The van der Waals surface area contributed by atoms with Crippen LogP contribution < -0.4 is 10.2 Å². The maximum absolute atomic E-state index is 12.4. The number of piperazine rings is 1. The predicted molar refractivity (Wildman–Crippen MR) is 93.9 cm³/mol. The van der Waals surface area contributed by atoms with Crippen LogP contribution >= 0.6 is 0 Å². The highest BCUT2D eigenvalue weighted by atomic mass is 16.3. The van der Waals surface area contributed by atoms with Gasteiger partial charge in [-0.05, 0) is 25.0 Å². The van der Waals surface area contributed by atoms with Gasteiger partial charge in [-0.1, -0.05) is 19.4 Å². The molecule has 1 aliphatic carbocycles. The Labute approximate surface area is 143 Å². The molecule has 6 heteroatoms. The lowest BCUT2D eigenvalue weighted by atomic mass is 9.86. The first-order valence-electron chi connectivity index (χ1n) is 8.89. The van der Waals surface area contributed by atoms with Crippen molar-refractivity contribution >= 4 is 11.7 Å². The van der Waals surface area contributed by atoms with E-state index in [1.807, 2.05) is 24.4 Å². The number of carbonyl (C=O) groups excluding carboxylic acids is 1. The van der Waals surface area contributed by atoms with Crippen LogP contribution in [-0.2, 0) is 4.79 Å². The van der Waals surface area contributed by atoms with Crippen molar-refractivity contribution in [2.24, 2.45) is 5.41 Å².